The van der Waals surface area contributed by atoms with Gasteiger partial charge in [-0.2, -0.15) is 0 Å². The van der Waals surface area contributed by atoms with E-state index in [1.807, 2.05) is 0 Å². The van der Waals surface area contributed by atoms with Gasteiger partial charge in [0.2, 0.25) is 82.7 Å². The third-order valence-electron chi connectivity index (χ3n) is 18.3. The summed E-state index contributed by atoms with van der Waals surface area (Å²) >= 11 is 0. The van der Waals surface area contributed by atoms with Crippen LogP contribution in [0.3, 0.4) is 0 Å². The zero-order valence-corrected chi connectivity index (χ0v) is 65.4. The largest absolute Gasteiger partial charge is 0.480 e. The minimum absolute atomic E-state index is 0.104. The normalized spacial score (nSPS) is 23.7. The molecule has 37 nitrogen and oxygen atoms in total. The zero-order valence-electron chi connectivity index (χ0n) is 63.8. The number of aliphatic carboxylic acids is 1. The molecule has 15 atom stereocenters. The van der Waals surface area contributed by atoms with Crippen molar-refractivity contribution >= 4 is 121 Å². The summed E-state index contributed by atoms with van der Waals surface area (Å²) in [6, 6.07) is 9.57. The molecule has 115 heavy (non-hydrogen) atoms. The van der Waals surface area contributed by atoms with E-state index in [4.69, 9.17) is 22.9 Å². The second-order valence-corrected chi connectivity index (χ2v) is 30.1. The third kappa shape index (κ3) is 30.7. The number of hydrogen-bond acceptors (Lipinski definition) is 23. The van der Waals surface area contributed by atoms with Crippen LogP contribution in [0.1, 0.15) is 88.0 Å². The molecule has 0 radical (unpaired) electrons. The summed E-state index contributed by atoms with van der Waals surface area (Å²) in [6.07, 6.45) is -3.48. The third-order valence-corrected chi connectivity index (χ3v) is 20.7. The van der Waals surface area contributed by atoms with Gasteiger partial charge in [-0.15, -0.1) is 0 Å². The molecule has 14 amide bonds. The number of rotatable bonds is 26. The number of para-hydroxylation sites is 1. The molecule has 2 heterocycles. The van der Waals surface area contributed by atoms with Crippen molar-refractivity contribution in [1.29, 1.82) is 0 Å². The van der Waals surface area contributed by atoms with Crippen molar-refractivity contribution in [2.75, 3.05) is 37.7 Å². The SMILES string of the molecule is C[C@H](N)C(=O)NCC(=O)N[C@H]1CSSC[C@@H](C(=O)O)NC(=O)[C@H](CO)NC(=O)[C@H]([C@@H](C)O)NC(=O)[C@H](Cc2ccccc2)NC(=O)[C@H]([C@@H](C)O)NC(=O)[C@H](CCCCN)NC(=O)[C@@H](Cc2c[nH]c3ccccc23)NC(=O)[C@H](Cc2ccccc2)NC(=O)[C@H](Cc2ccccc2)NC(=O)[C@H](CC(N)=O)NC(=O)[C@H](CCCCN)NC1=O. The van der Waals surface area contributed by atoms with Gasteiger partial charge in [-0.25, -0.2) is 4.79 Å². The highest BCUT2D eigenvalue weighted by Gasteiger charge is 2.40. The number of nitrogens with one attached hydrogen (secondary N) is 14. The molecule has 0 unspecified atom stereocenters. The Morgan fingerprint density at radius 3 is 1.30 bits per heavy atom. The molecule has 39 heteroatoms. The summed E-state index contributed by atoms with van der Waals surface area (Å²) in [5.41, 5.74) is 25.6. The number of aliphatic hydroxyl groups excluding tert-OH is 3. The number of benzene rings is 4. The predicted octanol–water partition coefficient (Wildman–Crippen LogP) is -4.91. The molecule has 0 saturated carbocycles. The fraction of sp³-hybridized carbons (Fsp3) is 0.461. The van der Waals surface area contributed by atoms with Gasteiger partial charge in [0.25, 0.3) is 0 Å². The van der Waals surface area contributed by atoms with Crippen molar-refractivity contribution in [3.63, 3.8) is 0 Å². The minimum atomic E-state index is -1.99. The second kappa shape index (κ2) is 47.6. The van der Waals surface area contributed by atoms with Crippen molar-refractivity contribution in [2.45, 2.75) is 182 Å². The standard InChI is InChI=1S/C76H104N18O19S2/c1-41(79)64(100)82-37-61(99)83-58-39-114-115-40-59(76(112)113)92-72(108)57(38-95)91-75(111)63(43(3)97)94-71(107)54(33-46-23-11-6-12-24-46)90-74(110)62(42(2)96)93-66(102)51(28-16-18-30-78)84-69(105)55(34-47-36-81-49-26-14-13-25-48(47)49)88-68(104)53(32-45-21-9-5-10-22-45)86-67(103)52(31-44-19-7-4-8-20-44)87-70(106)56(35-60(80)98)89-65(101)50(85-73(58)109)27-15-17-29-77/h4-14,19-26,36,41-43,50-59,62-63,81,95-97H,15-18,27-35,37-40,77-79H2,1-3H3,(H2,80,98)(H,82,100)(H,83,99)(H,84,105)(H,85,109)(H,86,103)(H,87,106)(H,88,104)(H,89,101)(H,90,110)(H,91,111)(H,92,108)(H,93,102)(H,94,107)(H,112,113)/t41-,42+,43+,50-,51-,52-,53-,54-,55+,56-,57-,58-,59-,62-,63-/m0/s1. The Hall–Kier alpha value is -11.1. The van der Waals surface area contributed by atoms with E-state index in [9.17, 15) is 78.0 Å². The van der Waals surface area contributed by atoms with Crippen molar-refractivity contribution in [1.82, 2.24) is 74.1 Å². The highest BCUT2D eigenvalue weighted by atomic mass is 33.1. The van der Waals surface area contributed by atoms with E-state index in [1.54, 1.807) is 121 Å². The number of aromatic nitrogens is 1. The maximum atomic E-state index is 15.4. The predicted molar refractivity (Wildman–Crippen MR) is 425 cm³/mol. The monoisotopic (exact) mass is 1640 g/mol. The molecule has 1 saturated heterocycles. The fourth-order valence-electron chi connectivity index (χ4n) is 11.9. The van der Waals surface area contributed by atoms with Crippen molar-refractivity contribution < 1.29 is 92.3 Å². The number of primary amides is 1. The van der Waals surface area contributed by atoms with Gasteiger partial charge in [-0.1, -0.05) is 131 Å². The van der Waals surface area contributed by atoms with E-state index in [0.29, 0.717) is 39.6 Å². The number of carboxylic acids is 1. The summed E-state index contributed by atoms with van der Waals surface area (Å²) in [6.45, 7) is 1.88. The summed E-state index contributed by atoms with van der Waals surface area (Å²) < 4.78 is 0. The fourth-order valence-corrected chi connectivity index (χ4v) is 14.3. The van der Waals surface area contributed by atoms with Crippen molar-refractivity contribution in [2.24, 2.45) is 22.9 Å². The summed E-state index contributed by atoms with van der Waals surface area (Å²) in [5.74, 6) is -17.7. The van der Waals surface area contributed by atoms with Gasteiger partial charge in [0, 0.05) is 54.3 Å². The Morgan fingerprint density at radius 2 is 0.852 bits per heavy atom. The number of fused-ring (bicyclic) bond motifs is 1. The average Bonchev–Trinajstić information content (AvgIpc) is 1.71. The van der Waals surface area contributed by atoms with Gasteiger partial charge in [-0.3, -0.25) is 67.1 Å². The number of aromatic amines is 1. The Morgan fingerprint density at radius 1 is 0.470 bits per heavy atom. The summed E-state index contributed by atoms with van der Waals surface area (Å²) in [7, 11) is 1.49. The number of aliphatic hydroxyl groups is 3. The Balaban J connectivity index is 1.47. The van der Waals surface area contributed by atoms with Gasteiger partial charge in [-0.05, 0) is 101 Å². The number of unbranched alkanes of at least 4 members (excludes halogenated alkanes) is 2. The highest BCUT2D eigenvalue weighted by Crippen LogP contribution is 2.25. The lowest BCUT2D eigenvalue weighted by Crippen LogP contribution is -2.63. The van der Waals surface area contributed by atoms with E-state index in [1.165, 1.54) is 6.92 Å². The first kappa shape index (κ1) is 92.8. The molecule has 624 valence electrons. The van der Waals surface area contributed by atoms with Crippen LogP contribution in [0.15, 0.2) is 121 Å². The Kier molecular flexibility index (Phi) is 38.4. The van der Waals surface area contributed by atoms with Crippen molar-refractivity contribution in [3.05, 3.63) is 144 Å². The molecular formula is C76H104N18O19S2. The zero-order chi connectivity index (χ0) is 84.3. The molecule has 6 rings (SSSR count). The lowest BCUT2D eigenvalue weighted by Gasteiger charge is -2.29. The Labute approximate surface area is 670 Å². The summed E-state index contributed by atoms with van der Waals surface area (Å²) in [5, 5.41) is 76.1. The number of carbonyl (C=O) groups is 15. The number of nitrogens with two attached hydrogens (primary N) is 4. The van der Waals surface area contributed by atoms with Crippen LogP contribution < -0.4 is 92.1 Å². The highest BCUT2D eigenvalue weighted by molar-refractivity contribution is 8.76. The lowest BCUT2D eigenvalue weighted by atomic mass is 10.00. The number of hydrogen-bond donors (Lipinski definition) is 22. The van der Waals surface area contributed by atoms with Gasteiger partial charge in [0.15, 0.2) is 0 Å². The van der Waals surface area contributed by atoms with Gasteiger partial charge >= 0.3 is 5.97 Å². The van der Waals surface area contributed by atoms with E-state index in [2.05, 4.69) is 74.1 Å². The van der Waals surface area contributed by atoms with E-state index in [-0.39, 0.29) is 70.9 Å². The van der Waals surface area contributed by atoms with E-state index >= 15 is 14.4 Å². The smallest absolute Gasteiger partial charge is 0.327 e. The van der Waals surface area contributed by atoms with Crippen LogP contribution in [0.5, 0.6) is 0 Å². The van der Waals surface area contributed by atoms with Crippen LogP contribution in [0, 0.1) is 0 Å². The number of carboxylic acid groups (broad SMARTS) is 1. The van der Waals surface area contributed by atoms with E-state index in [0.717, 1.165) is 35.4 Å². The maximum absolute atomic E-state index is 15.4. The van der Waals surface area contributed by atoms with Crippen LogP contribution in [0.4, 0.5) is 0 Å². The molecular weight excluding hydrogens is 1530 g/mol. The molecule has 0 aliphatic carbocycles. The number of H-pyrrole nitrogens is 1. The quantitative estimate of drug-likeness (QED) is 0.0182. The molecule has 0 spiro atoms. The van der Waals surface area contributed by atoms with Gasteiger partial charge < -0.3 is 117 Å². The molecule has 1 aliphatic rings. The van der Waals surface area contributed by atoms with Crippen molar-refractivity contribution in [3.8, 4) is 0 Å². The molecule has 1 aliphatic heterocycles. The lowest BCUT2D eigenvalue weighted by molar-refractivity contribution is -0.142. The van der Waals surface area contributed by atoms with Crippen LogP contribution >= 0.6 is 21.6 Å². The Bertz CT molecular complexity index is 4130. The van der Waals surface area contributed by atoms with Crippen LogP contribution in [0.25, 0.3) is 10.9 Å². The van der Waals surface area contributed by atoms with Crippen LogP contribution in [0.2, 0.25) is 0 Å². The first-order chi connectivity index (χ1) is 54.9. The van der Waals surface area contributed by atoms with Gasteiger partial charge in [0.1, 0.15) is 72.5 Å². The molecule has 1 aromatic heterocycles. The molecule has 4 aromatic carbocycles. The first-order valence-corrected chi connectivity index (χ1v) is 39.8. The topological polar surface area (TPSA) is 613 Å². The molecule has 26 N–H and O–H groups in total. The molecule has 0 bridgehead atoms. The average molecular weight is 1640 g/mol. The molecule has 1 fully saturated rings. The summed E-state index contributed by atoms with van der Waals surface area (Å²) in [4.78, 5) is 217. The number of amides is 14. The van der Waals surface area contributed by atoms with Crippen LogP contribution in [-0.2, 0) is 97.6 Å². The molecule has 5 aromatic rings. The minimum Gasteiger partial charge on any atom is -0.480 e. The first-order valence-electron chi connectivity index (χ1n) is 37.4. The van der Waals surface area contributed by atoms with E-state index < -0.39 is 210 Å². The van der Waals surface area contributed by atoms with Gasteiger partial charge in [0.05, 0.1) is 37.8 Å². The van der Waals surface area contributed by atoms with Crippen LogP contribution in [-0.4, -0.2) is 243 Å². The maximum Gasteiger partial charge on any atom is 0.327 e. The number of carbonyl (C=O) groups excluding carboxylic acids is 14. The second-order valence-electron chi connectivity index (χ2n) is 27.6.